The van der Waals surface area contributed by atoms with Gasteiger partial charge in [0.05, 0.1) is 18.5 Å². The Bertz CT molecular complexity index is 1190. The number of halogens is 1. The van der Waals surface area contributed by atoms with Crippen molar-refractivity contribution in [1.29, 1.82) is 0 Å². The van der Waals surface area contributed by atoms with Crippen molar-refractivity contribution < 1.29 is 17.6 Å². The molecule has 0 spiro atoms. The van der Waals surface area contributed by atoms with Gasteiger partial charge in [-0.15, -0.1) is 0 Å². The summed E-state index contributed by atoms with van der Waals surface area (Å²) in [7, 11) is -3.51. The Kier molecular flexibility index (Phi) is 7.87. The van der Waals surface area contributed by atoms with Crippen LogP contribution >= 0.6 is 0 Å². The third-order valence-corrected chi connectivity index (χ3v) is 6.51. The summed E-state index contributed by atoms with van der Waals surface area (Å²) < 4.78 is 39.5. The van der Waals surface area contributed by atoms with Crippen molar-refractivity contribution in [2.45, 2.75) is 32.7 Å². The van der Waals surface area contributed by atoms with Crippen LogP contribution in [0.25, 0.3) is 0 Å². The summed E-state index contributed by atoms with van der Waals surface area (Å²) in [6, 6.07) is 20.6. The molecule has 1 N–H and O–H groups in total. The number of amides is 1. The first-order valence-corrected chi connectivity index (χ1v) is 12.7. The largest absolute Gasteiger partial charge is 0.352 e. The van der Waals surface area contributed by atoms with Crippen LogP contribution in [0.3, 0.4) is 0 Å². The van der Waals surface area contributed by atoms with Crippen molar-refractivity contribution in [2.24, 2.45) is 0 Å². The number of nitrogens with zero attached hydrogens (tertiary/aromatic N) is 1. The Hall–Kier alpha value is -3.19. The summed E-state index contributed by atoms with van der Waals surface area (Å²) in [5.41, 5.74) is 3.83. The first kappa shape index (κ1) is 24.5. The average Bonchev–Trinajstić information content (AvgIpc) is 2.78. The summed E-state index contributed by atoms with van der Waals surface area (Å²) >= 11 is 0. The van der Waals surface area contributed by atoms with Crippen molar-refractivity contribution in [3.8, 4) is 0 Å². The van der Waals surface area contributed by atoms with E-state index in [1.54, 1.807) is 36.4 Å². The molecule has 0 heterocycles. The lowest BCUT2D eigenvalue weighted by atomic mass is 10.0. The van der Waals surface area contributed by atoms with Crippen LogP contribution in [-0.4, -0.2) is 27.1 Å². The second-order valence-corrected chi connectivity index (χ2v) is 10.2. The molecule has 3 aromatic rings. The van der Waals surface area contributed by atoms with Crippen molar-refractivity contribution in [2.75, 3.05) is 17.1 Å². The second kappa shape index (κ2) is 10.6. The van der Waals surface area contributed by atoms with E-state index in [0.717, 1.165) is 16.7 Å². The van der Waals surface area contributed by atoms with Crippen LogP contribution in [0.4, 0.5) is 10.1 Å². The number of hydrogen-bond donors (Lipinski definition) is 1. The van der Waals surface area contributed by atoms with E-state index in [0.29, 0.717) is 24.2 Å². The molecule has 0 atom stereocenters. The molecular weight excluding hydrogens is 439 g/mol. The molecule has 0 aliphatic rings. The second-order valence-electron chi connectivity index (χ2n) is 8.31. The van der Waals surface area contributed by atoms with E-state index in [-0.39, 0.29) is 24.2 Å². The number of benzene rings is 3. The fraction of sp³-hybridized carbons (Fsp3) is 0.269. The van der Waals surface area contributed by atoms with Crippen LogP contribution in [-0.2, 0) is 23.0 Å². The standard InChI is InChI=1S/C26H29FN2O3S/c1-19(2)24-6-4-5-7-25(24)29(33(3,31)32)18-21-8-12-22(13-9-21)26(30)28-17-16-20-10-14-23(27)15-11-20/h4-15,19H,16-18H2,1-3H3,(H,28,30). The molecular formula is C26H29FN2O3S. The topological polar surface area (TPSA) is 66.5 Å². The molecule has 33 heavy (non-hydrogen) atoms. The molecule has 174 valence electrons. The molecule has 0 fully saturated rings. The summed E-state index contributed by atoms with van der Waals surface area (Å²) in [6.07, 6.45) is 1.80. The third kappa shape index (κ3) is 6.65. The number of sulfonamides is 1. The molecule has 0 saturated heterocycles. The van der Waals surface area contributed by atoms with Crippen molar-refractivity contribution in [3.63, 3.8) is 0 Å². The maximum atomic E-state index is 13.0. The van der Waals surface area contributed by atoms with Gasteiger partial charge < -0.3 is 5.32 Å². The lowest BCUT2D eigenvalue weighted by Gasteiger charge is -2.26. The van der Waals surface area contributed by atoms with Crippen molar-refractivity contribution in [3.05, 3.63) is 101 Å². The zero-order chi connectivity index (χ0) is 24.0. The van der Waals surface area contributed by atoms with Gasteiger partial charge in [0.15, 0.2) is 0 Å². The summed E-state index contributed by atoms with van der Waals surface area (Å²) in [4.78, 5) is 12.4. The zero-order valence-corrected chi connectivity index (χ0v) is 19.9. The van der Waals surface area contributed by atoms with Gasteiger partial charge in [0.2, 0.25) is 10.0 Å². The van der Waals surface area contributed by atoms with Gasteiger partial charge in [-0.2, -0.15) is 0 Å². The zero-order valence-electron chi connectivity index (χ0n) is 19.1. The highest BCUT2D eigenvalue weighted by molar-refractivity contribution is 7.92. The fourth-order valence-electron chi connectivity index (χ4n) is 3.58. The Morgan fingerprint density at radius 3 is 2.15 bits per heavy atom. The highest BCUT2D eigenvalue weighted by atomic mass is 32.2. The number of anilines is 1. The molecule has 3 aromatic carbocycles. The van der Waals surface area contributed by atoms with Gasteiger partial charge in [0.25, 0.3) is 5.91 Å². The van der Waals surface area contributed by atoms with E-state index >= 15 is 0 Å². The lowest BCUT2D eigenvalue weighted by molar-refractivity contribution is 0.0954. The first-order chi connectivity index (χ1) is 15.6. The number of carbonyl (C=O) groups is 1. The van der Waals surface area contributed by atoms with Crippen LogP contribution in [0, 0.1) is 5.82 Å². The van der Waals surface area contributed by atoms with Gasteiger partial charge >= 0.3 is 0 Å². The van der Waals surface area contributed by atoms with Crippen LogP contribution in [0.1, 0.15) is 46.8 Å². The maximum absolute atomic E-state index is 13.0. The quantitative estimate of drug-likeness (QED) is 0.486. The average molecular weight is 469 g/mol. The molecule has 0 radical (unpaired) electrons. The van der Waals surface area contributed by atoms with E-state index in [4.69, 9.17) is 0 Å². The normalized spacial score (nSPS) is 11.4. The highest BCUT2D eigenvalue weighted by Crippen LogP contribution is 2.30. The number of para-hydroxylation sites is 1. The molecule has 0 bridgehead atoms. The van der Waals surface area contributed by atoms with E-state index in [9.17, 15) is 17.6 Å². The minimum Gasteiger partial charge on any atom is -0.352 e. The van der Waals surface area contributed by atoms with Gasteiger partial charge in [-0.3, -0.25) is 9.10 Å². The predicted molar refractivity (Wildman–Crippen MR) is 130 cm³/mol. The smallest absolute Gasteiger partial charge is 0.251 e. The van der Waals surface area contributed by atoms with E-state index < -0.39 is 10.0 Å². The van der Waals surface area contributed by atoms with Crippen LogP contribution < -0.4 is 9.62 Å². The number of rotatable bonds is 9. The maximum Gasteiger partial charge on any atom is 0.251 e. The minimum atomic E-state index is -3.51. The highest BCUT2D eigenvalue weighted by Gasteiger charge is 2.21. The summed E-state index contributed by atoms with van der Waals surface area (Å²) in [6.45, 7) is 4.67. The van der Waals surface area contributed by atoms with E-state index in [1.807, 2.05) is 38.1 Å². The van der Waals surface area contributed by atoms with Gasteiger partial charge in [-0.1, -0.05) is 56.3 Å². The SMILES string of the molecule is CC(C)c1ccccc1N(Cc1ccc(C(=O)NCCc2ccc(F)cc2)cc1)S(C)(=O)=O. The fourth-order valence-corrected chi connectivity index (χ4v) is 4.49. The van der Waals surface area contributed by atoms with Gasteiger partial charge in [0, 0.05) is 12.1 Å². The number of carbonyl (C=O) groups excluding carboxylic acids is 1. The predicted octanol–water partition coefficient (Wildman–Crippen LogP) is 4.89. The summed E-state index contributed by atoms with van der Waals surface area (Å²) in [5.74, 6) is -0.328. The molecule has 0 unspecified atom stereocenters. The monoisotopic (exact) mass is 468 g/mol. The van der Waals surface area contributed by atoms with E-state index in [2.05, 4.69) is 5.32 Å². The Labute approximate surface area is 195 Å². The van der Waals surface area contributed by atoms with Crippen LogP contribution in [0.5, 0.6) is 0 Å². The Morgan fingerprint density at radius 2 is 1.55 bits per heavy atom. The molecule has 0 aromatic heterocycles. The molecule has 1 amide bonds. The molecule has 3 rings (SSSR count). The van der Waals surface area contributed by atoms with Crippen LogP contribution in [0.2, 0.25) is 0 Å². The Balaban J connectivity index is 1.68. The minimum absolute atomic E-state index is 0.173. The van der Waals surface area contributed by atoms with Gasteiger partial charge in [-0.25, -0.2) is 12.8 Å². The van der Waals surface area contributed by atoms with E-state index in [1.165, 1.54) is 22.7 Å². The molecule has 0 aliphatic carbocycles. The summed E-state index contributed by atoms with van der Waals surface area (Å²) in [5, 5.41) is 2.85. The molecule has 5 nitrogen and oxygen atoms in total. The first-order valence-electron chi connectivity index (χ1n) is 10.8. The molecule has 0 saturated carbocycles. The lowest BCUT2D eigenvalue weighted by Crippen LogP contribution is -2.30. The third-order valence-electron chi connectivity index (χ3n) is 5.38. The van der Waals surface area contributed by atoms with Gasteiger partial charge in [0.1, 0.15) is 5.82 Å². The number of hydrogen-bond acceptors (Lipinski definition) is 3. The molecule has 7 heteroatoms. The van der Waals surface area contributed by atoms with Crippen molar-refractivity contribution in [1.82, 2.24) is 5.32 Å². The van der Waals surface area contributed by atoms with Crippen molar-refractivity contribution >= 4 is 21.6 Å². The van der Waals surface area contributed by atoms with Gasteiger partial charge in [-0.05, 0) is 59.4 Å². The Morgan fingerprint density at radius 1 is 0.939 bits per heavy atom. The number of nitrogens with one attached hydrogen (secondary N) is 1. The molecule has 0 aliphatic heterocycles. The van der Waals surface area contributed by atoms with Crippen LogP contribution in [0.15, 0.2) is 72.8 Å².